The molecule has 1 fully saturated rings. The average Bonchev–Trinajstić information content (AvgIpc) is 2.59. The second-order valence-corrected chi connectivity index (χ2v) is 6.25. The summed E-state index contributed by atoms with van der Waals surface area (Å²) in [6.07, 6.45) is 4.22. The Hall–Kier alpha value is -2.21. The van der Waals surface area contributed by atoms with Crippen molar-refractivity contribution >= 4 is 16.8 Å². The molecule has 128 valence electrons. The normalized spacial score (nSPS) is 17.8. The van der Waals surface area contributed by atoms with Crippen LogP contribution >= 0.6 is 0 Å². The predicted molar refractivity (Wildman–Crippen MR) is 89.7 cm³/mol. The number of hydrogen-bond acceptors (Lipinski definition) is 3. The molecular formula is C18H21FN2O3. The predicted octanol–water partition coefficient (Wildman–Crippen LogP) is 2.70. The van der Waals surface area contributed by atoms with Crippen molar-refractivity contribution in [2.75, 3.05) is 20.2 Å². The third kappa shape index (κ3) is 3.64. The SMILES string of the molecule is CN(CCC1CCCCO1)C(=O)c1cc2ccc(F)cc2[nH]c1=O. The first-order chi connectivity index (χ1) is 11.5. The molecule has 1 amide bonds. The van der Waals surface area contributed by atoms with Crippen molar-refractivity contribution in [3.8, 4) is 0 Å². The summed E-state index contributed by atoms with van der Waals surface area (Å²) >= 11 is 0. The van der Waals surface area contributed by atoms with Crippen molar-refractivity contribution in [2.45, 2.75) is 31.8 Å². The van der Waals surface area contributed by atoms with E-state index in [1.54, 1.807) is 13.1 Å². The molecule has 0 radical (unpaired) electrons. The van der Waals surface area contributed by atoms with Crippen molar-refractivity contribution in [1.82, 2.24) is 9.88 Å². The molecule has 1 aliphatic heterocycles. The number of rotatable bonds is 4. The molecule has 1 atom stereocenters. The fraction of sp³-hybridized carbons (Fsp3) is 0.444. The molecule has 1 aliphatic rings. The molecule has 1 saturated heterocycles. The molecule has 5 nitrogen and oxygen atoms in total. The van der Waals surface area contributed by atoms with Crippen LogP contribution in [0.1, 0.15) is 36.0 Å². The van der Waals surface area contributed by atoms with E-state index in [9.17, 15) is 14.0 Å². The fourth-order valence-corrected chi connectivity index (χ4v) is 3.01. The van der Waals surface area contributed by atoms with Gasteiger partial charge in [0.2, 0.25) is 0 Å². The van der Waals surface area contributed by atoms with Gasteiger partial charge in [-0.3, -0.25) is 9.59 Å². The highest BCUT2D eigenvalue weighted by molar-refractivity contribution is 5.97. The minimum Gasteiger partial charge on any atom is -0.378 e. The van der Waals surface area contributed by atoms with E-state index in [-0.39, 0.29) is 17.6 Å². The second-order valence-electron chi connectivity index (χ2n) is 6.25. The Morgan fingerprint density at radius 2 is 2.21 bits per heavy atom. The summed E-state index contributed by atoms with van der Waals surface area (Å²) in [6.45, 7) is 1.31. The number of aromatic amines is 1. The Kier molecular flexibility index (Phi) is 4.94. The highest BCUT2D eigenvalue weighted by atomic mass is 19.1. The molecule has 0 aliphatic carbocycles. The van der Waals surface area contributed by atoms with Gasteiger partial charge in [-0.1, -0.05) is 0 Å². The molecule has 1 aromatic heterocycles. The molecule has 0 bridgehead atoms. The van der Waals surface area contributed by atoms with E-state index < -0.39 is 11.4 Å². The summed E-state index contributed by atoms with van der Waals surface area (Å²) in [7, 11) is 1.68. The zero-order valence-electron chi connectivity index (χ0n) is 13.7. The lowest BCUT2D eigenvalue weighted by molar-refractivity contribution is 0.00708. The third-order valence-electron chi connectivity index (χ3n) is 4.45. The number of benzene rings is 1. The lowest BCUT2D eigenvalue weighted by Gasteiger charge is -2.25. The maximum atomic E-state index is 13.2. The van der Waals surface area contributed by atoms with Gasteiger partial charge in [-0.2, -0.15) is 0 Å². The maximum absolute atomic E-state index is 13.2. The molecule has 24 heavy (non-hydrogen) atoms. The molecule has 1 aromatic carbocycles. The molecule has 6 heteroatoms. The number of H-pyrrole nitrogens is 1. The van der Waals surface area contributed by atoms with E-state index in [1.807, 2.05) is 0 Å². The van der Waals surface area contributed by atoms with Crippen molar-refractivity contribution in [1.29, 1.82) is 0 Å². The topological polar surface area (TPSA) is 62.4 Å². The van der Waals surface area contributed by atoms with Gasteiger partial charge in [0.05, 0.1) is 11.6 Å². The number of fused-ring (bicyclic) bond motifs is 1. The number of hydrogen-bond donors (Lipinski definition) is 1. The summed E-state index contributed by atoms with van der Waals surface area (Å²) in [6, 6.07) is 5.62. The first-order valence-electron chi connectivity index (χ1n) is 8.24. The standard InChI is InChI=1S/C18H21FN2O3/c1-21(8-7-14-4-2-3-9-24-14)18(23)15-10-12-5-6-13(19)11-16(12)20-17(15)22/h5-6,10-11,14H,2-4,7-9H2,1H3,(H,20,22). The zero-order chi connectivity index (χ0) is 17.1. The van der Waals surface area contributed by atoms with Gasteiger partial charge >= 0.3 is 0 Å². The number of nitrogens with one attached hydrogen (secondary N) is 1. The lowest BCUT2D eigenvalue weighted by atomic mass is 10.1. The highest BCUT2D eigenvalue weighted by Gasteiger charge is 2.19. The molecule has 0 spiro atoms. The van der Waals surface area contributed by atoms with Crippen molar-refractivity contribution in [2.24, 2.45) is 0 Å². The Bertz CT molecular complexity index is 796. The smallest absolute Gasteiger partial charge is 0.261 e. The number of nitrogens with zero attached hydrogens (tertiary/aromatic N) is 1. The summed E-state index contributed by atoms with van der Waals surface area (Å²) in [4.78, 5) is 28.8. The van der Waals surface area contributed by atoms with Crippen LogP contribution in [0.4, 0.5) is 4.39 Å². The van der Waals surface area contributed by atoms with E-state index in [4.69, 9.17) is 4.74 Å². The Morgan fingerprint density at radius 3 is 2.96 bits per heavy atom. The monoisotopic (exact) mass is 332 g/mol. The van der Waals surface area contributed by atoms with E-state index in [0.29, 0.717) is 17.4 Å². The minimum atomic E-state index is -0.501. The maximum Gasteiger partial charge on any atom is 0.261 e. The molecule has 2 aromatic rings. The van der Waals surface area contributed by atoms with Gasteiger partial charge in [-0.15, -0.1) is 0 Å². The quantitative estimate of drug-likeness (QED) is 0.936. The van der Waals surface area contributed by atoms with Crippen LogP contribution in [0.3, 0.4) is 0 Å². The van der Waals surface area contributed by atoms with E-state index in [1.165, 1.54) is 23.1 Å². The van der Waals surface area contributed by atoms with Crippen molar-refractivity contribution in [3.63, 3.8) is 0 Å². The average molecular weight is 332 g/mol. The van der Waals surface area contributed by atoms with Gasteiger partial charge in [-0.25, -0.2) is 4.39 Å². The molecule has 2 heterocycles. The Labute approximate surface area is 139 Å². The van der Waals surface area contributed by atoms with Crippen LogP contribution in [0.5, 0.6) is 0 Å². The largest absolute Gasteiger partial charge is 0.378 e. The fourth-order valence-electron chi connectivity index (χ4n) is 3.01. The van der Waals surface area contributed by atoms with Gasteiger partial charge < -0.3 is 14.6 Å². The number of amides is 1. The van der Waals surface area contributed by atoms with Gasteiger partial charge in [0, 0.05) is 20.2 Å². The van der Waals surface area contributed by atoms with Crippen LogP contribution in [0.2, 0.25) is 0 Å². The summed E-state index contributed by atoms with van der Waals surface area (Å²) in [5.74, 6) is -0.764. The second kappa shape index (κ2) is 7.13. The van der Waals surface area contributed by atoms with Gasteiger partial charge in [0.1, 0.15) is 11.4 Å². The molecule has 1 N–H and O–H groups in total. The van der Waals surface area contributed by atoms with Gasteiger partial charge in [0.25, 0.3) is 11.5 Å². The summed E-state index contributed by atoms with van der Waals surface area (Å²) < 4.78 is 18.9. The van der Waals surface area contributed by atoms with Crippen LogP contribution in [0.25, 0.3) is 10.9 Å². The number of carbonyl (C=O) groups is 1. The number of aromatic nitrogens is 1. The molecule has 0 saturated carbocycles. The van der Waals surface area contributed by atoms with Crippen molar-refractivity contribution in [3.05, 3.63) is 46.0 Å². The van der Waals surface area contributed by atoms with Crippen LogP contribution < -0.4 is 5.56 Å². The molecular weight excluding hydrogens is 311 g/mol. The number of carbonyl (C=O) groups excluding carboxylic acids is 1. The van der Waals surface area contributed by atoms with Gasteiger partial charge in [0.15, 0.2) is 0 Å². The summed E-state index contributed by atoms with van der Waals surface area (Å²) in [5.41, 5.74) is -0.0464. The van der Waals surface area contributed by atoms with E-state index in [0.717, 1.165) is 32.3 Å². The van der Waals surface area contributed by atoms with Crippen LogP contribution in [-0.2, 0) is 4.74 Å². The summed E-state index contributed by atoms with van der Waals surface area (Å²) in [5, 5.41) is 0.628. The van der Waals surface area contributed by atoms with Gasteiger partial charge in [-0.05, 0) is 55.3 Å². The van der Waals surface area contributed by atoms with Crippen molar-refractivity contribution < 1.29 is 13.9 Å². The van der Waals surface area contributed by atoms with E-state index in [2.05, 4.69) is 4.98 Å². The van der Waals surface area contributed by atoms with E-state index >= 15 is 0 Å². The number of ether oxygens (including phenoxy) is 1. The van der Waals surface area contributed by atoms with Crippen LogP contribution in [0.15, 0.2) is 29.1 Å². The van der Waals surface area contributed by atoms with Crippen LogP contribution in [-0.4, -0.2) is 42.1 Å². The lowest BCUT2D eigenvalue weighted by Crippen LogP contribution is -2.34. The Balaban J connectivity index is 1.73. The first-order valence-corrected chi connectivity index (χ1v) is 8.24. The third-order valence-corrected chi connectivity index (χ3v) is 4.45. The minimum absolute atomic E-state index is 0.0705. The first kappa shape index (κ1) is 16.6. The van der Waals surface area contributed by atoms with Crippen LogP contribution in [0, 0.1) is 5.82 Å². The Morgan fingerprint density at radius 1 is 1.38 bits per heavy atom. The number of halogens is 1. The zero-order valence-corrected chi connectivity index (χ0v) is 13.7. The molecule has 1 unspecified atom stereocenters. The number of pyridine rings is 1. The highest BCUT2D eigenvalue weighted by Crippen LogP contribution is 2.17. The molecule has 3 rings (SSSR count).